The molecule has 2 aliphatic rings. The molecule has 1 heterocycles. The molecule has 1 aliphatic carbocycles. The summed E-state index contributed by atoms with van der Waals surface area (Å²) in [5, 5.41) is 4.61. The lowest BCUT2D eigenvalue weighted by Gasteiger charge is -2.44. The molecule has 4 unspecified atom stereocenters. The average molecular weight is 305 g/mol. The van der Waals surface area contributed by atoms with Gasteiger partial charge in [0, 0.05) is 36.5 Å². The molecule has 1 N–H and O–H groups in total. The Labute approximate surface area is 133 Å². The minimum absolute atomic E-state index is 0.603. The summed E-state index contributed by atoms with van der Waals surface area (Å²) >= 11 is 2.08. The van der Waals surface area contributed by atoms with Crippen molar-refractivity contribution in [1.82, 2.24) is 10.2 Å². The number of benzene rings is 1. The summed E-state index contributed by atoms with van der Waals surface area (Å²) in [5.41, 5.74) is 1.46. The molecular weight excluding hydrogens is 276 g/mol. The van der Waals surface area contributed by atoms with Gasteiger partial charge in [0.2, 0.25) is 0 Å². The molecule has 21 heavy (non-hydrogen) atoms. The lowest BCUT2D eigenvalue weighted by Crippen LogP contribution is -2.60. The van der Waals surface area contributed by atoms with Crippen LogP contribution in [0.5, 0.6) is 0 Å². The van der Waals surface area contributed by atoms with E-state index in [9.17, 15) is 0 Å². The molecule has 4 atom stereocenters. The van der Waals surface area contributed by atoms with Crippen molar-refractivity contribution in [1.29, 1.82) is 0 Å². The predicted molar refractivity (Wildman–Crippen MR) is 93.0 cm³/mol. The molecule has 1 saturated heterocycles. The van der Waals surface area contributed by atoms with E-state index >= 15 is 0 Å². The van der Waals surface area contributed by atoms with Crippen molar-refractivity contribution in [3.05, 3.63) is 35.9 Å². The molecule has 3 rings (SSSR count). The number of hydrogen-bond donors (Lipinski definition) is 1. The number of thioether (sulfide) groups is 1. The Morgan fingerprint density at radius 3 is 2.81 bits per heavy atom. The minimum atomic E-state index is 0.603. The molecule has 116 valence electrons. The van der Waals surface area contributed by atoms with Crippen molar-refractivity contribution in [2.75, 3.05) is 19.3 Å². The molecule has 0 spiro atoms. The summed E-state index contributed by atoms with van der Waals surface area (Å²) in [6.07, 6.45) is 7.66. The third-order valence-corrected chi connectivity index (χ3v) is 6.33. The molecule has 1 aliphatic heterocycles. The van der Waals surface area contributed by atoms with Crippen molar-refractivity contribution >= 4 is 11.8 Å². The molecule has 0 bridgehead atoms. The average Bonchev–Trinajstić information content (AvgIpc) is 2.98. The van der Waals surface area contributed by atoms with Gasteiger partial charge in [-0.3, -0.25) is 4.90 Å². The fourth-order valence-electron chi connectivity index (χ4n) is 4.01. The predicted octanol–water partition coefficient (Wildman–Crippen LogP) is 3.18. The van der Waals surface area contributed by atoms with Crippen LogP contribution in [0, 0.1) is 0 Å². The first-order chi connectivity index (χ1) is 10.3. The maximum Gasteiger partial charge on any atom is 0.0236 e. The van der Waals surface area contributed by atoms with E-state index in [1.807, 2.05) is 0 Å². The van der Waals surface area contributed by atoms with Crippen LogP contribution in [0.1, 0.15) is 31.7 Å². The first kappa shape index (κ1) is 15.4. The van der Waals surface area contributed by atoms with Crippen molar-refractivity contribution in [3.63, 3.8) is 0 Å². The summed E-state index contributed by atoms with van der Waals surface area (Å²) in [6.45, 7) is 4.73. The van der Waals surface area contributed by atoms with E-state index in [-0.39, 0.29) is 0 Å². The number of hydrogen-bond acceptors (Lipinski definition) is 3. The monoisotopic (exact) mass is 304 g/mol. The highest BCUT2D eigenvalue weighted by molar-refractivity contribution is 7.99. The standard InChI is InChI=1S/C18H28N2S/c1-14-12-19-16(11-15-7-4-3-5-8-15)13-20(14)17-9-6-10-18(17)21-2/h3-5,7-8,14,16-19H,6,9-13H2,1-2H3. The van der Waals surface area contributed by atoms with Gasteiger partial charge in [-0.05, 0) is 38.0 Å². The molecule has 0 amide bonds. The summed E-state index contributed by atoms with van der Waals surface area (Å²) in [5.74, 6) is 0. The zero-order chi connectivity index (χ0) is 14.7. The van der Waals surface area contributed by atoms with Crippen LogP contribution < -0.4 is 5.32 Å². The Morgan fingerprint density at radius 2 is 2.05 bits per heavy atom. The van der Waals surface area contributed by atoms with Crippen LogP contribution in [-0.4, -0.2) is 47.6 Å². The highest BCUT2D eigenvalue weighted by Gasteiger charge is 2.36. The van der Waals surface area contributed by atoms with E-state index < -0.39 is 0 Å². The van der Waals surface area contributed by atoms with Crippen LogP contribution in [0.3, 0.4) is 0 Å². The second-order valence-electron chi connectivity index (χ2n) is 6.61. The van der Waals surface area contributed by atoms with Gasteiger partial charge in [-0.1, -0.05) is 36.8 Å². The fourth-order valence-corrected chi connectivity index (χ4v) is 5.02. The molecule has 2 nitrogen and oxygen atoms in total. The molecule has 3 heteroatoms. The Hall–Kier alpha value is -0.510. The molecule has 1 aromatic rings. The minimum Gasteiger partial charge on any atom is -0.311 e. The number of nitrogens with zero attached hydrogens (tertiary/aromatic N) is 1. The molecule has 1 saturated carbocycles. The second-order valence-corrected chi connectivity index (χ2v) is 7.69. The first-order valence-corrected chi connectivity index (χ1v) is 9.62. The third kappa shape index (κ3) is 3.64. The van der Waals surface area contributed by atoms with Gasteiger partial charge in [-0.25, -0.2) is 0 Å². The van der Waals surface area contributed by atoms with Gasteiger partial charge < -0.3 is 5.32 Å². The lowest BCUT2D eigenvalue weighted by molar-refractivity contribution is 0.0954. The summed E-state index contributed by atoms with van der Waals surface area (Å²) in [7, 11) is 0. The zero-order valence-corrected chi connectivity index (χ0v) is 14.1. The summed E-state index contributed by atoms with van der Waals surface area (Å²) in [6, 6.07) is 13.0. The Morgan fingerprint density at radius 1 is 1.24 bits per heavy atom. The third-order valence-electron chi connectivity index (χ3n) is 5.17. The van der Waals surface area contributed by atoms with Crippen LogP contribution in [0.2, 0.25) is 0 Å². The molecule has 0 aromatic heterocycles. The molecule has 2 fully saturated rings. The maximum absolute atomic E-state index is 3.76. The van der Waals surface area contributed by atoms with E-state index in [1.165, 1.54) is 31.4 Å². The first-order valence-electron chi connectivity index (χ1n) is 8.33. The summed E-state index contributed by atoms with van der Waals surface area (Å²) < 4.78 is 0. The Bertz CT molecular complexity index is 436. The number of nitrogens with one attached hydrogen (secondary N) is 1. The quantitative estimate of drug-likeness (QED) is 0.920. The zero-order valence-electron chi connectivity index (χ0n) is 13.3. The van der Waals surface area contributed by atoms with E-state index in [0.717, 1.165) is 24.3 Å². The van der Waals surface area contributed by atoms with Gasteiger partial charge in [0.25, 0.3) is 0 Å². The number of rotatable bonds is 4. The van der Waals surface area contributed by atoms with Gasteiger partial charge in [0.1, 0.15) is 0 Å². The normalized spacial score (nSPS) is 34.2. The van der Waals surface area contributed by atoms with Crippen LogP contribution in [0.15, 0.2) is 30.3 Å². The second kappa shape index (κ2) is 7.17. The van der Waals surface area contributed by atoms with Gasteiger partial charge in [-0.2, -0.15) is 11.8 Å². The highest BCUT2D eigenvalue weighted by Crippen LogP contribution is 2.34. The number of piperazine rings is 1. The smallest absolute Gasteiger partial charge is 0.0236 e. The van der Waals surface area contributed by atoms with E-state index in [1.54, 1.807) is 0 Å². The van der Waals surface area contributed by atoms with Gasteiger partial charge in [-0.15, -0.1) is 0 Å². The SMILES string of the molecule is CSC1CCCC1N1CC(Cc2ccccc2)NCC1C. The molecule has 1 aromatic carbocycles. The van der Waals surface area contributed by atoms with Crippen molar-refractivity contribution in [2.24, 2.45) is 0 Å². The largest absolute Gasteiger partial charge is 0.311 e. The van der Waals surface area contributed by atoms with E-state index in [2.05, 4.69) is 65.5 Å². The van der Waals surface area contributed by atoms with E-state index in [4.69, 9.17) is 0 Å². The van der Waals surface area contributed by atoms with Crippen molar-refractivity contribution in [2.45, 2.75) is 56.0 Å². The van der Waals surface area contributed by atoms with E-state index in [0.29, 0.717) is 12.1 Å². The lowest BCUT2D eigenvalue weighted by atomic mass is 10.00. The summed E-state index contributed by atoms with van der Waals surface area (Å²) in [4.78, 5) is 2.80. The topological polar surface area (TPSA) is 15.3 Å². The fraction of sp³-hybridized carbons (Fsp3) is 0.667. The van der Waals surface area contributed by atoms with Gasteiger partial charge in [0.15, 0.2) is 0 Å². The molecule has 0 radical (unpaired) electrons. The van der Waals surface area contributed by atoms with Crippen LogP contribution in [-0.2, 0) is 6.42 Å². The van der Waals surface area contributed by atoms with Crippen molar-refractivity contribution in [3.8, 4) is 0 Å². The van der Waals surface area contributed by atoms with Crippen LogP contribution in [0.25, 0.3) is 0 Å². The maximum atomic E-state index is 3.76. The Kier molecular flexibility index (Phi) is 5.25. The van der Waals surface area contributed by atoms with Crippen LogP contribution >= 0.6 is 11.8 Å². The Balaban J connectivity index is 1.64. The molecular formula is C18H28N2S. The van der Waals surface area contributed by atoms with Gasteiger partial charge >= 0.3 is 0 Å². The van der Waals surface area contributed by atoms with Crippen LogP contribution in [0.4, 0.5) is 0 Å². The van der Waals surface area contributed by atoms with Gasteiger partial charge in [0.05, 0.1) is 0 Å². The highest BCUT2D eigenvalue weighted by atomic mass is 32.2. The van der Waals surface area contributed by atoms with Crippen molar-refractivity contribution < 1.29 is 0 Å².